The number of hydrogen-bond acceptors (Lipinski definition) is 6. The summed E-state index contributed by atoms with van der Waals surface area (Å²) in [6, 6.07) is 9.85. The lowest BCUT2D eigenvalue weighted by atomic mass is 10.1. The topological polar surface area (TPSA) is 86.7 Å². The first kappa shape index (κ1) is 18.6. The smallest absolute Gasteiger partial charge is 0.252 e. The van der Waals surface area contributed by atoms with E-state index in [4.69, 9.17) is 4.74 Å². The van der Waals surface area contributed by atoms with Crippen LogP contribution < -0.4 is 9.84 Å². The molecule has 1 saturated heterocycles. The molecule has 0 unspecified atom stereocenters. The van der Waals surface area contributed by atoms with E-state index >= 15 is 0 Å². The Labute approximate surface area is 156 Å². The van der Waals surface area contributed by atoms with Crippen molar-refractivity contribution in [3.05, 3.63) is 46.8 Å². The van der Waals surface area contributed by atoms with E-state index in [1.54, 1.807) is 31.4 Å². The number of carboxylic acid groups (broad SMARTS) is 1. The minimum absolute atomic E-state index is 0.0527. The van der Waals surface area contributed by atoms with Crippen LogP contribution in [0.15, 0.2) is 40.6 Å². The summed E-state index contributed by atoms with van der Waals surface area (Å²) in [6.45, 7) is 1.01. The predicted octanol–water partition coefficient (Wildman–Crippen LogP) is 1.83. The minimum Gasteiger partial charge on any atom is -0.545 e. The van der Waals surface area contributed by atoms with Gasteiger partial charge >= 0.3 is 0 Å². The molecule has 1 aromatic carbocycles. The molecule has 1 aromatic heterocycles. The molecule has 1 fully saturated rings. The predicted molar refractivity (Wildman–Crippen MR) is 98.2 cm³/mol. The van der Waals surface area contributed by atoms with Gasteiger partial charge in [-0.3, -0.25) is 0 Å². The summed E-state index contributed by atoms with van der Waals surface area (Å²) < 4.78 is 31.9. The maximum atomic E-state index is 12.6. The number of nitrogens with zero attached hydrogens (tertiary/aromatic N) is 1. The molecule has 1 aliphatic heterocycles. The van der Waals surface area contributed by atoms with E-state index in [2.05, 4.69) is 0 Å². The number of thiophene rings is 1. The fourth-order valence-electron chi connectivity index (χ4n) is 2.76. The molecule has 0 radical (unpaired) electrons. The second kappa shape index (κ2) is 7.61. The maximum Gasteiger partial charge on any atom is 0.252 e. The van der Waals surface area contributed by atoms with Gasteiger partial charge in [0.25, 0.3) is 10.0 Å². The zero-order valence-electron chi connectivity index (χ0n) is 14.2. The van der Waals surface area contributed by atoms with Crippen molar-refractivity contribution in [2.75, 3.05) is 20.2 Å². The first-order valence-electron chi connectivity index (χ1n) is 8.09. The van der Waals surface area contributed by atoms with Gasteiger partial charge in [-0.2, -0.15) is 4.31 Å². The summed E-state index contributed by atoms with van der Waals surface area (Å²) >= 11 is 0.947. The normalized spacial score (nSPS) is 16.0. The van der Waals surface area contributed by atoms with Crippen LogP contribution in [0.2, 0.25) is 0 Å². The number of carbonyl (C=O) groups is 1. The van der Waals surface area contributed by atoms with Crippen molar-refractivity contribution in [2.45, 2.75) is 17.1 Å². The lowest BCUT2D eigenvalue weighted by Crippen LogP contribution is -2.27. The zero-order chi connectivity index (χ0) is 18.7. The average molecular weight is 392 g/mol. The number of carbonyl (C=O) groups excluding carboxylic acids is 1. The Balaban J connectivity index is 1.93. The summed E-state index contributed by atoms with van der Waals surface area (Å²) in [4.78, 5) is 11.9. The first-order chi connectivity index (χ1) is 12.4. The highest BCUT2D eigenvalue weighted by molar-refractivity contribution is 7.91. The van der Waals surface area contributed by atoms with Crippen molar-refractivity contribution in [2.24, 2.45) is 0 Å². The van der Waals surface area contributed by atoms with Gasteiger partial charge in [-0.25, -0.2) is 8.42 Å². The number of ether oxygens (including phenoxy) is 1. The summed E-state index contributed by atoms with van der Waals surface area (Å²) in [6.07, 6.45) is 3.16. The van der Waals surface area contributed by atoms with E-state index in [9.17, 15) is 18.3 Å². The van der Waals surface area contributed by atoms with Crippen molar-refractivity contribution in [3.8, 4) is 5.75 Å². The van der Waals surface area contributed by atoms with E-state index in [0.29, 0.717) is 29.3 Å². The highest BCUT2D eigenvalue weighted by Gasteiger charge is 2.28. The van der Waals surface area contributed by atoms with Gasteiger partial charge in [0.1, 0.15) is 9.96 Å². The van der Waals surface area contributed by atoms with E-state index in [0.717, 1.165) is 24.2 Å². The van der Waals surface area contributed by atoms with E-state index in [1.165, 1.54) is 22.5 Å². The monoisotopic (exact) mass is 392 g/mol. The van der Waals surface area contributed by atoms with Crippen LogP contribution in [0.5, 0.6) is 5.75 Å². The largest absolute Gasteiger partial charge is 0.545 e. The molecule has 26 heavy (non-hydrogen) atoms. The molecule has 2 aromatic rings. The third-order valence-corrected chi connectivity index (χ3v) is 7.64. The molecule has 1 aliphatic rings. The third-order valence-electron chi connectivity index (χ3n) is 4.15. The van der Waals surface area contributed by atoms with Gasteiger partial charge in [-0.15, -0.1) is 11.3 Å². The Bertz CT molecular complexity index is 923. The van der Waals surface area contributed by atoms with Crippen molar-refractivity contribution >= 4 is 39.0 Å². The van der Waals surface area contributed by atoms with E-state index < -0.39 is 16.0 Å². The van der Waals surface area contributed by atoms with Crippen LogP contribution >= 0.6 is 11.3 Å². The van der Waals surface area contributed by atoms with Crippen LogP contribution in [0.3, 0.4) is 0 Å². The van der Waals surface area contributed by atoms with E-state index in [-0.39, 0.29) is 9.78 Å². The number of methoxy groups -OCH3 is 1. The molecular formula is C18H18NO5S2-. The van der Waals surface area contributed by atoms with Crippen LogP contribution in [-0.4, -0.2) is 38.9 Å². The maximum absolute atomic E-state index is 12.6. The molecule has 0 atom stereocenters. The molecule has 0 bridgehead atoms. The van der Waals surface area contributed by atoms with Crippen LogP contribution in [-0.2, 0) is 14.8 Å². The third kappa shape index (κ3) is 3.82. The standard InChI is InChI=1S/C18H19NO5S2/c1-24-14-6-4-13(5-7-14)12-15(18(20)21)16-8-9-17(25-16)26(22,23)19-10-2-3-11-19/h4-9,12H,2-3,10-11H2,1H3,(H,20,21)/p-1/b15-12-. The second-order valence-electron chi connectivity index (χ2n) is 5.85. The molecular weight excluding hydrogens is 374 g/mol. The molecule has 3 rings (SSSR count). The molecule has 8 heteroatoms. The van der Waals surface area contributed by atoms with Gasteiger partial charge in [0.05, 0.1) is 13.1 Å². The summed E-state index contributed by atoms with van der Waals surface area (Å²) in [5, 5.41) is 11.6. The number of carboxylic acids is 1. The van der Waals surface area contributed by atoms with Gasteiger partial charge in [-0.05, 0) is 48.7 Å². The molecule has 0 aliphatic carbocycles. The fraction of sp³-hybridized carbons (Fsp3) is 0.278. The van der Waals surface area contributed by atoms with Crippen molar-refractivity contribution in [3.63, 3.8) is 0 Å². The Morgan fingerprint density at radius 1 is 1.15 bits per heavy atom. The molecule has 2 heterocycles. The van der Waals surface area contributed by atoms with Crippen LogP contribution in [0.1, 0.15) is 23.3 Å². The van der Waals surface area contributed by atoms with E-state index in [1.807, 2.05) is 0 Å². The Morgan fingerprint density at radius 2 is 1.81 bits per heavy atom. The Kier molecular flexibility index (Phi) is 5.45. The van der Waals surface area contributed by atoms with Crippen molar-refractivity contribution in [1.29, 1.82) is 0 Å². The number of aliphatic carboxylic acids is 1. The van der Waals surface area contributed by atoms with Crippen LogP contribution in [0, 0.1) is 0 Å². The number of rotatable bonds is 6. The number of sulfonamides is 1. The molecule has 0 N–H and O–H groups in total. The first-order valence-corrected chi connectivity index (χ1v) is 10.3. The van der Waals surface area contributed by atoms with Gasteiger partial charge in [0.15, 0.2) is 0 Å². The Hall–Kier alpha value is -2.16. The summed E-state index contributed by atoms with van der Waals surface area (Å²) in [5.41, 5.74) is 0.602. The molecule has 0 amide bonds. The SMILES string of the molecule is COc1ccc(/C=C(\C(=O)[O-])c2ccc(S(=O)(=O)N3CCCC3)s2)cc1. The van der Waals surface area contributed by atoms with Gasteiger partial charge in [-0.1, -0.05) is 12.1 Å². The number of benzene rings is 1. The quantitative estimate of drug-likeness (QED) is 0.700. The summed E-state index contributed by atoms with van der Waals surface area (Å²) in [7, 11) is -2.02. The van der Waals surface area contributed by atoms with Gasteiger partial charge in [0.2, 0.25) is 0 Å². The van der Waals surface area contributed by atoms with Gasteiger partial charge in [0, 0.05) is 23.5 Å². The van der Waals surface area contributed by atoms with Crippen molar-refractivity contribution < 1.29 is 23.1 Å². The second-order valence-corrected chi connectivity index (χ2v) is 9.10. The van der Waals surface area contributed by atoms with Crippen LogP contribution in [0.25, 0.3) is 11.6 Å². The minimum atomic E-state index is -3.56. The molecule has 6 nitrogen and oxygen atoms in total. The lowest BCUT2D eigenvalue weighted by Gasteiger charge is -2.13. The molecule has 0 saturated carbocycles. The average Bonchev–Trinajstić information content (AvgIpc) is 3.32. The zero-order valence-corrected chi connectivity index (χ0v) is 15.8. The highest BCUT2D eigenvalue weighted by Crippen LogP contribution is 2.32. The summed E-state index contributed by atoms with van der Waals surface area (Å²) in [5.74, 6) is -0.694. The number of hydrogen-bond donors (Lipinski definition) is 0. The Morgan fingerprint density at radius 3 is 2.38 bits per heavy atom. The van der Waals surface area contributed by atoms with Gasteiger partial charge < -0.3 is 14.6 Å². The van der Waals surface area contributed by atoms with Crippen molar-refractivity contribution in [1.82, 2.24) is 4.31 Å². The lowest BCUT2D eigenvalue weighted by molar-refractivity contribution is -0.295. The van der Waals surface area contributed by atoms with Crippen LogP contribution in [0.4, 0.5) is 0 Å². The molecule has 138 valence electrons. The fourth-order valence-corrected chi connectivity index (χ4v) is 5.74. The highest BCUT2D eigenvalue weighted by atomic mass is 32.2. The molecule has 0 spiro atoms.